The SMILES string of the molecule is CCc1c(CN2CCC(O)C2)cccc1Nc1c(C(N)=O)cnc2[nH]c(-c3ccc(OCCO)cc3)nc12. The lowest BCUT2D eigenvalue weighted by Gasteiger charge is -2.20. The fraction of sp³-hybridized carbons (Fsp3) is 0.321. The molecule has 198 valence electrons. The zero-order chi connectivity index (χ0) is 26.6. The van der Waals surface area contributed by atoms with Crippen LogP contribution in [0.5, 0.6) is 5.75 Å². The molecule has 0 spiro atoms. The number of nitrogens with zero attached hydrogens (tertiary/aromatic N) is 3. The topological polar surface area (TPSA) is 150 Å². The molecule has 0 saturated carbocycles. The quantitative estimate of drug-likeness (QED) is 0.216. The number of aliphatic hydroxyl groups is 2. The lowest BCUT2D eigenvalue weighted by Crippen LogP contribution is -2.22. The molecule has 0 aliphatic carbocycles. The van der Waals surface area contributed by atoms with Gasteiger partial charge in [0.05, 0.1) is 24.0 Å². The molecule has 1 atom stereocenters. The number of benzene rings is 2. The van der Waals surface area contributed by atoms with Crippen LogP contribution in [0.2, 0.25) is 0 Å². The number of β-amino-alcohol motifs (C(OH)–C–C–N with tert-alkyl or cyclic N) is 1. The standard InChI is InChI=1S/C28H32N6O4/c1-2-21-18(15-34-11-10-19(36)16-34)4-3-5-23(21)31-24-22(26(29)37)14-30-28-25(24)32-27(33-28)17-6-8-20(9-7-17)38-13-12-35/h3-9,14,19,35-36H,2,10-13,15-16H2,1H3,(H2,29,37)(H2,30,31,32,33). The molecule has 10 nitrogen and oxygen atoms in total. The molecule has 2 aromatic carbocycles. The second-order valence-electron chi connectivity index (χ2n) is 9.39. The van der Waals surface area contributed by atoms with Crippen molar-refractivity contribution < 1.29 is 19.7 Å². The van der Waals surface area contributed by atoms with Crippen molar-refractivity contribution in [1.82, 2.24) is 19.9 Å². The number of carbonyl (C=O) groups excluding carboxylic acids is 1. The zero-order valence-corrected chi connectivity index (χ0v) is 21.3. The first-order valence-electron chi connectivity index (χ1n) is 12.8. The lowest BCUT2D eigenvalue weighted by molar-refractivity contribution is 0.100. The highest BCUT2D eigenvalue weighted by molar-refractivity contribution is 6.06. The molecular weight excluding hydrogens is 484 g/mol. The van der Waals surface area contributed by atoms with Crippen molar-refractivity contribution >= 4 is 28.4 Å². The van der Waals surface area contributed by atoms with Gasteiger partial charge in [0.2, 0.25) is 0 Å². The first kappa shape index (κ1) is 25.7. The number of aromatic amines is 1. The monoisotopic (exact) mass is 516 g/mol. The smallest absolute Gasteiger partial charge is 0.252 e. The summed E-state index contributed by atoms with van der Waals surface area (Å²) in [5.74, 6) is 0.630. The largest absolute Gasteiger partial charge is 0.491 e. The minimum Gasteiger partial charge on any atom is -0.491 e. The summed E-state index contributed by atoms with van der Waals surface area (Å²) in [6, 6.07) is 13.4. The summed E-state index contributed by atoms with van der Waals surface area (Å²) in [4.78, 5) is 27.0. The van der Waals surface area contributed by atoms with Gasteiger partial charge in [-0.3, -0.25) is 9.69 Å². The van der Waals surface area contributed by atoms with Crippen LogP contribution in [-0.4, -0.2) is 68.4 Å². The fourth-order valence-electron chi connectivity index (χ4n) is 4.92. The number of primary amides is 1. The lowest BCUT2D eigenvalue weighted by atomic mass is 10.0. The second-order valence-corrected chi connectivity index (χ2v) is 9.39. The number of carbonyl (C=O) groups is 1. The molecule has 2 aromatic heterocycles. The molecule has 1 unspecified atom stereocenters. The number of aromatic nitrogens is 3. The van der Waals surface area contributed by atoms with E-state index in [0.717, 1.165) is 42.7 Å². The van der Waals surface area contributed by atoms with Gasteiger partial charge in [0, 0.05) is 37.1 Å². The maximum atomic E-state index is 12.4. The summed E-state index contributed by atoms with van der Waals surface area (Å²) in [7, 11) is 0. The number of anilines is 2. The molecule has 1 fully saturated rings. The molecule has 0 radical (unpaired) electrons. The maximum Gasteiger partial charge on any atom is 0.252 e. The Morgan fingerprint density at radius 1 is 1.26 bits per heavy atom. The van der Waals surface area contributed by atoms with E-state index in [1.165, 1.54) is 11.8 Å². The molecular formula is C28H32N6O4. The van der Waals surface area contributed by atoms with E-state index in [1.807, 2.05) is 24.3 Å². The number of nitrogens with one attached hydrogen (secondary N) is 2. The maximum absolute atomic E-state index is 12.4. The van der Waals surface area contributed by atoms with Crippen molar-refractivity contribution in [3.63, 3.8) is 0 Å². The van der Waals surface area contributed by atoms with E-state index in [9.17, 15) is 9.90 Å². The highest BCUT2D eigenvalue weighted by Crippen LogP contribution is 2.33. The van der Waals surface area contributed by atoms with Crippen molar-refractivity contribution in [3.05, 3.63) is 65.4 Å². The molecule has 38 heavy (non-hydrogen) atoms. The molecule has 1 aliphatic heterocycles. The van der Waals surface area contributed by atoms with Crippen LogP contribution in [0.4, 0.5) is 11.4 Å². The van der Waals surface area contributed by atoms with E-state index in [1.54, 1.807) is 12.1 Å². The summed E-state index contributed by atoms with van der Waals surface area (Å²) in [6.07, 6.45) is 2.76. The minimum absolute atomic E-state index is 0.0565. The first-order valence-corrected chi connectivity index (χ1v) is 12.8. The number of nitrogens with two attached hydrogens (primary N) is 1. The van der Waals surface area contributed by atoms with Gasteiger partial charge in [0.15, 0.2) is 5.65 Å². The Hall–Kier alpha value is -3.99. The predicted molar refractivity (Wildman–Crippen MR) is 145 cm³/mol. The number of fused-ring (bicyclic) bond motifs is 1. The van der Waals surface area contributed by atoms with Gasteiger partial charge in [0.25, 0.3) is 5.91 Å². The van der Waals surface area contributed by atoms with E-state index in [2.05, 4.69) is 33.2 Å². The van der Waals surface area contributed by atoms with Crippen LogP contribution >= 0.6 is 0 Å². The van der Waals surface area contributed by atoms with Crippen LogP contribution in [0, 0.1) is 0 Å². The normalized spacial score (nSPS) is 15.7. The number of hydrogen-bond donors (Lipinski definition) is 5. The number of amides is 1. The number of aliphatic hydroxyl groups excluding tert-OH is 2. The first-order chi connectivity index (χ1) is 18.5. The highest BCUT2D eigenvalue weighted by atomic mass is 16.5. The number of pyridine rings is 1. The minimum atomic E-state index is -0.600. The van der Waals surface area contributed by atoms with E-state index in [0.29, 0.717) is 35.0 Å². The van der Waals surface area contributed by atoms with E-state index < -0.39 is 5.91 Å². The van der Waals surface area contributed by atoms with Crippen molar-refractivity contribution in [1.29, 1.82) is 0 Å². The number of likely N-dealkylation sites (tertiary alicyclic amines) is 1. The Morgan fingerprint density at radius 2 is 2.08 bits per heavy atom. The molecule has 1 saturated heterocycles. The van der Waals surface area contributed by atoms with Crippen LogP contribution in [0.1, 0.15) is 34.8 Å². The van der Waals surface area contributed by atoms with Crippen LogP contribution in [-0.2, 0) is 13.0 Å². The average Bonchev–Trinajstić information content (AvgIpc) is 3.54. The molecule has 0 bridgehead atoms. The molecule has 1 aliphatic rings. The third-order valence-electron chi connectivity index (χ3n) is 6.79. The summed E-state index contributed by atoms with van der Waals surface area (Å²) in [5, 5.41) is 22.4. The van der Waals surface area contributed by atoms with Crippen molar-refractivity contribution in [2.75, 3.05) is 31.6 Å². The molecule has 3 heterocycles. The van der Waals surface area contributed by atoms with E-state index in [4.69, 9.17) is 20.6 Å². The van der Waals surface area contributed by atoms with Crippen molar-refractivity contribution in [3.8, 4) is 17.1 Å². The van der Waals surface area contributed by atoms with Gasteiger partial charge in [-0.25, -0.2) is 9.97 Å². The van der Waals surface area contributed by atoms with Crippen LogP contribution in [0.25, 0.3) is 22.6 Å². The van der Waals surface area contributed by atoms with Gasteiger partial charge >= 0.3 is 0 Å². The number of rotatable bonds is 10. The van der Waals surface area contributed by atoms with E-state index >= 15 is 0 Å². The van der Waals surface area contributed by atoms with E-state index in [-0.39, 0.29) is 24.9 Å². The summed E-state index contributed by atoms with van der Waals surface area (Å²) in [5.41, 5.74) is 11.5. The zero-order valence-electron chi connectivity index (χ0n) is 21.3. The number of hydrogen-bond acceptors (Lipinski definition) is 8. The molecule has 1 amide bonds. The molecule has 5 rings (SSSR count). The van der Waals surface area contributed by atoms with Gasteiger partial charge in [-0.05, 0) is 54.3 Å². The van der Waals surface area contributed by atoms with Crippen molar-refractivity contribution in [2.24, 2.45) is 5.73 Å². The Balaban J connectivity index is 1.50. The highest BCUT2D eigenvalue weighted by Gasteiger charge is 2.22. The number of H-pyrrole nitrogens is 1. The van der Waals surface area contributed by atoms with Gasteiger partial charge < -0.3 is 31.0 Å². The Morgan fingerprint density at radius 3 is 2.76 bits per heavy atom. The van der Waals surface area contributed by atoms with Crippen LogP contribution in [0.15, 0.2) is 48.7 Å². The molecule has 6 N–H and O–H groups in total. The predicted octanol–water partition coefficient (Wildman–Crippen LogP) is 2.97. The van der Waals surface area contributed by atoms with Crippen LogP contribution in [0.3, 0.4) is 0 Å². The summed E-state index contributed by atoms with van der Waals surface area (Å²) < 4.78 is 5.44. The fourth-order valence-corrected chi connectivity index (χ4v) is 4.92. The van der Waals surface area contributed by atoms with Gasteiger partial charge in [-0.15, -0.1) is 0 Å². The third-order valence-corrected chi connectivity index (χ3v) is 6.79. The van der Waals surface area contributed by atoms with Gasteiger partial charge in [-0.2, -0.15) is 0 Å². The van der Waals surface area contributed by atoms with Gasteiger partial charge in [-0.1, -0.05) is 19.1 Å². The molecule has 4 aromatic rings. The number of ether oxygens (including phenoxy) is 1. The summed E-state index contributed by atoms with van der Waals surface area (Å²) in [6.45, 7) is 4.54. The van der Waals surface area contributed by atoms with Crippen molar-refractivity contribution in [2.45, 2.75) is 32.4 Å². The van der Waals surface area contributed by atoms with Gasteiger partial charge in [0.1, 0.15) is 23.7 Å². The average molecular weight is 517 g/mol. The second kappa shape index (κ2) is 11.2. The number of imidazole rings is 1. The Kier molecular flexibility index (Phi) is 7.54. The Bertz CT molecular complexity index is 1440. The summed E-state index contributed by atoms with van der Waals surface area (Å²) >= 11 is 0. The molecule has 10 heteroatoms. The van der Waals surface area contributed by atoms with Crippen LogP contribution < -0.4 is 15.8 Å². The Labute approximate surface area is 220 Å². The third kappa shape index (κ3) is 5.33.